The molecule has 0 saturated heterocycles. The van der Waals surface area contributed by atoms with Gasteiger partial charge in [-0.3, -0.25) is 0 Å². The van der Waals surface area contributed by atoms with Crippen molar-refractivity contribution in [2.24, 2.45) is 5.41 Å². The predicted octanol–water partition coefficient (Wildman–Crippen LogP) is 5.26. The van der Waals surface area contributed by atoms with Crippen LogP contribution >= 0.6 is 0 Å². The maximum atomic E-state index is 14.9. The molecular formula is C28H29F2N5O4S. The van der Waals surface area contributed by atoms with Crippen LogP contribution in [0.1, 0.15) is 33.3 Å². The van der Waals surface area contributed by atoms with Gasteiger partial charge in [0.25, 0.3) is 10.0 Å². The standard InChI is InChI=1S/C28H29F2N5O4S/c1-6-39-24(36)12-11-23(28(3,4)5)33-26-22(30)15-31-25(34-26)21-16-35(27-20(21)13-18(29)14-32-27)40(37,38)19-9-7-17(2)8-10-19/h7-16,23H,6H2,1-5H3,(H,31,33,34)/b12-11+/t23-/m1/s1. The van der Waals surface area contributed by atoms with Crippen LogP contribution in [0.4, 0.5) is 14.6 Å². The van der Waals surface area contributed by atoms with E-state index in [4.69, 9.17) is 4.74 Å². The lowest BCUT2D eigenvalue weighted by Crippen LogP contribution is -2.33. The van der Waals surface area contributed by atoms with E-state index in [-0.39, 0.29) is 39.7 Å². The molecule has 9 nitrogen and oxygen atoms in total. The Bertz CT molecular complexity index is 1690. The molecule has 0 aliphatic carbocycles. The summed E-state index contributed by atoms with van der Waals surface area (Å²) in [4.78, 5) is 24.3. The van der Waals surface area contributed by atoms with E-state index >= 15 is 0 Å². The Hall–Kier alpha value is -4.19. The Balaban J connectivity index is 1.81. The summed E-state index contributed by atoms with van der Waals surface area (Å²) < 4.78 is 62.1. The summed E-state index contributed by atoms with van der Waals surface area (Å²) in [5.41, 5.74) is 0.494. The van der Waals surface area contributed by atoms with E-state index in [1.54, 1.807) is 25.1 Å². The van der Waals surface area contributed by atoms with Crippen molar-refractivity contribution in [1.29, 1.82) is 0 Å². The van der Waals surface area contributed by atoms with E-state index in [2.05, 4.69) is 20.3 Å². The zero-order valence-corrected chi connectivity index (χ0v) is 23.5. The molecule has 0 aliphatic heterocycles. The molecule has 0 fully saturated rings. The summed E-state index contributed by atoms with van der Waals surface area (Å²) in [7, 11) is -4.13. The number of aromatic nitrogens is 4. The van der Waals surface area contributed by atoms with Gasteiger partial charge in [-0.25, -0.2) is 40.9 Å². The molecule has 0 saturated carbocycles. The predicted molar refractivity (Wildman–Crippen MR) is 147 cm³/mol. The van der Waals surface area contributed by atoms with Crippen molar-refractivity contribution < 1.29 is 26.7 Å². The van der Waals surface area contributed by atoms with Crippen molar-refractivity contribution in [2.75, 3.05) is 11.9 Å². The number of hydrogen-bond acceptors (Lipinski definition) is 8. The van der Waals surface area contributed by atoms with Crippen LogP contribution in [0.2, 0.25) is 0 Å². The van der Waals surface area contributed by atoms with Crippen LogP contribution in [0, 0.1) is 24.0 Å². The number of benzene rings is 1. The fourth-order valence-corrected chi connectivity index (χ4v) is 5.23. The summed E-state index contributed by atoms with van der Waals surface area (Å²) in [5.74, 6) is -2.26. The van der Waals surface area contributed by atoms with Gasteiger partial charge in [-0.1, -0.05) is 44.5 Å². The Morgan fingerprint density at radius 3 is 2.50 bits per heavy atom. The first kappa shape index (κ1) is 28.8. The summed E-state index contributed by atoms with van der Waals surface area (Å²) in [6, 6.07) is 6.82. The number of anilines is 1. The molecule has 0 amide bonds. The number of nitrogens with one attached hydrogen (secondary N) is 1. The second-order valence-corrected chi connectivity index (χ2v) is 12.0. The average Bonchev–Trinajstić information content (AvgIpc) is 3.26. The van der Waals surface area contributed by atoms with Crippen LogP contribution in [0.25, 0.3) is 22.4 Å². The Morgan fingerprint density at radius 1 is 1.15 bits per heavy atom. The van der Waals surface area contributed by atoms with Crippen molar-refractivity contribution >= 4 is 32.8 Å². The maximum Gasteiger partial charge on any atom is 0.330 e. The van der Waals surface area contributed by atoms with E-state index in [9.17, 15) is 22.0 Å². The molecular weight excluding hydrogens is 540 g/mol. The van der Waals surface area contributed by atoms with Crippen LogP contribution in [-0.4, -0.2) is 46.0 Å². The van der Waals surface area contributed by atoms with Gasteiger partial charge >= 0.3 is 5.97 Å². The van der Waals surface area contributed by atoms with Crippen molar-refractivity contribution in [3.63, 3.8) is 0 Å². The highest BCUT2D eigenvalue weighted by atomic mass is 32.2. The van der Waals surface area contributed by atoms with Gasteiger partial charge in [-0.15, -0.1) is 0 Å². The Kier molecular flexibility index (Phi) is 8.01. The fourth-order valence-electron chi connectivity index (χ4n) is 3.90. The summed E-state index contributed by atoms with van der Waals surface area (Å²) in [6.07, 6.45) is 5.90. The molecule has 12 heteroatoms. The number of rotatable bonds is 8. The van der Waals surface area contributed by atoms with E-state index in [0.717, 1.165) is 28.0 Å². The molecule has 0 unspecified atom stereocenters. The van der Waals surface area contributed by atoms with Gasteiger partial charge in [0.1, 0.15) is 5.82 Å². The summed E-state index contributed by atoms with van der Waals surface area (Å²) in [6.45, 7) is 9.39. The molecule has 1 N–H and O–H groups in total. The molecule has 0 bridgehead atoms. The van der Waals surface area contributed by atoms with Crippen LogP contribution in [0.15, 0.2) is 66.0 Å². The van der Waals surface area contributed by atoms with E-state index in [1.165, 1.54) is 24.4 Å². The molecule has 3 aromatic heterocycles. The number of halogens is 2. The molecule has 1 aromatic carbocycles. The summed E-state index contributed by atoms with van der Waals surface area (Å²) >= 11 is 0. The highest BCUT2D eigenvalue weighted by Gasteiger charge is 2.27. The summed E-state index contributed by atoms with van der Waals surface area (Å²) in [5, 5.41) is 3.11. The first-order chi connectivity index (χ1) is 18.8. The SMILES string of the molecule is CCOC(=O)/C=C/[C@@H](Nc1nc(-c2cn(S(=O)(=O)c3ccc(C)cc3)c3ncc(F)cc23)ncc1F)C(C)(C)C. The van der Waals surface area contributed by atoms with E-state index in [1.807, 2.05) is 27.7 Å². The smallest absolute Gasteiger partial charge is 0.330 e. The van der Waals surface area contributed by atoms with Crippen LogP contribution < -0.4 is 5.32 Å². The zero-order chi connectivity index (χ0) is 29.2. The van der Waals surface area contributed by atoms with Crippen molar-refractivity contribution in [1.82, 2.24) is 18.9 Å². The second kappa shape index (κ2) is 11.1. The third-order valence-corrected chi connectivity index (χ3v) is 7.74. The molecule has 3 heterocycles. The number of nitrogens with zero attached hydrogens (tertiary/aromatic N) is 4. The molecule has 4 rings (SSSR count). The molecule has 210 valence electrons. The number of fused-ring (bicyclic) bond motifs is 1. The normalized spacial score (nSPS) is 13.1. The maximum absolute atomic E-state index is 14.9. The minimum atomic E-state index is -4.13. The lowest BCUT2D eigenvalue weighted by atomic mass is 9.86. The Morgan fingerprint density at radius 2 is 1.85 bits per heavy atom. The van der Waals surface area contributed by atoms with Gasteiger partial charge in [0.2, 0.25) is 0 Å². The van der Waals surface area contributed by atoms with Crippen molar-refractivity contribution in [2.45, 2.75) is 45.6 Å². The topological polar surface area (TPSA) is 116 Å². The average molecular weight is 570 g/mol. The first-order valence-corrected chi connectivity index (χ1v) is 13.9. The quantitative estimate of drug-likeness (QED) is 0.226. The number of ether oxygens (including phenoxy) is 1. The number of aryl methyl sites for hydroxylation is 1. The van der Waals surface area contributed by atoms with Gasteiger partial charge in [-0.05, 0) is 37.5 Å². The van der Waals surface area contributed by atoms with Crippen LogP contribution in [0.5, 0.6) is 0 Å². The third-order valence-electron chi connectivity index (χ3n) is 6.08. The number of pyridine rings is 1. The van der Waals surface area contributed by atoms with Gasteiger partial charge in [-0.2, -0.15) is 0 Å². The number of carbonyl (C=O) groups excluding carboxylic acids is 1. The van der Waals surface area contributed by atoms with Crippen molar-refractivity contribution in [3.05, 3.63) is 78.3 Å². The molecule has 1 atom stereocenters. The van der Waals surface area contributed by atoms with E-state index in [0.29, 0.717) is 0 Å². The van der Waals surface area contributed by atoms with Crippen LogP contribution in [0.3, 0.4) is 0 Å². The fraction of sp³-hybridized carbons (Fsp3) is 0.286. The van der Waals surface area contributed by atoms with Gasteiger partial charge < -0.3 is 10.1 Å². The third kappa shape index (κ3) is 6.01. The lowest BCUT2D eigenvalue weighted by molar-refractivity contribution is -0.137. The lowest BCUT2D eigenvalue weighted by Gasteiger charge is -2.29. The zero-order valence-electron chi connectivity index (χ0n) is 22.6. The minimum absolute atomic E-state index is 0.0106. The Labute approximate surface area is 231 Å². The largest absolute Gasteiger partial charge is 0.463 e. The van der Waals surface area contributed by atoms with E-state index < -0.39 is 39.1 Å². The minimum Gasteiger partial charge on any atom is -0.463 e. The highest BCUT2D eigenvalue weighted by molar-refractivity contribution is 7.90. The van der Waals surface area contributed by atoms with Crippen LogP contribution in [-0.2, 0) is 19.6 Å². The number of esters is 1. The number of carbonyl (C=O) groups is 1. The molecule has 4 aromatic rings. The molecule has 0 spiro atoms. The van der Waals surface area contributed by atoms with Gasteiger partial charge in [0.15, 0.2) is 23.1 Å². The molecule has 40 heavy (non-hydrogen) atoms. The first-order valence-electron chi connectivity index (χ1n) is 12.4. The number of hydrogen-bond donors (Lipinski definition) is 1. The van der Waals surface area contributed by atoms with Crippen molar-refractivity contribution in [3.8, 4) is 11.4 Å². The molecule has 0 aliphatic rings. The highest BCUT2D eigenvalue weighted by Crippen LogP contribution is 2.32. The molecule has 0 radical (unpaired) electrons. The monoisotopic (exact) mass is 569 g/mol. The second-order valence-electron chi connectivity index (χ2n) is 10.2. The van der Waals surface area contributed by atoms with Gasteiger partial charge in [0, 0.05) is 23.2 Å². The van der Waals surface area contributed by atoms with Gasteiger partial charge in [0.05, 0.1) is 29.9 Å².